The Morgan fingerprint density at radius 2 is 1.30 bits per heavy atom. The Kier molecular flexibility index (Phi) is 12.2. The Morgan fingerprint density at radius 3 is 1.92 bits per heavy atom. The number of piperidine rings is 1. The number of fused-ring (bicyclic) bond motifs is 5. The van der Waals surface area contributed by atoms with Gasteiger partial charge in [-0.3, -0.25) is 20.0 Å². The van der Waals surface area contributed by atoms with E-state index in [-0.39, 0.29) is 11.1 Å². The Morgan fingerprint density at radius 1 is 0.740 bits per heavy atom. The average Bonchev–Trinajstić information content (AvgIpc) is 3.76. The number of hydrogen-bond donors (Lipinski definition) is 4. The Hall–Kier alpha value is -5.20. The molecule has 0 spiro atoms. The van der Waals surface area contributed by atoms with E-state index in [1.807, 2.05) is 27.7 Å². The van der Waals surface area contributed by atoms with Gasteiger partial charge in [0.25, 0.3) is 11.8 Å². The molecule has 50 heavy (non-hydrogen) atoms. The number of hydroxylamine groups is 2. The van der Waals surface area contributed by atoms with Crippen molar-refractivity contribution in [3.05, 3.63) is 112 Å². The topological polar surface area (TPSA) is 157 Å². The van der Waals surface area contributed by atoms with Crippen molar-refractivity contribution in [1.82, 2.24) is 30.9 Å². The lowest BCUT2D eigenvalue weighted by atomic mass is 9.86. The van der Waals surface area contributed by atoms with Crippen LogP contribution in [0.3, 0.4) is 0 Å². The van der Waals surface area contributed by atoms with Crippen LogP contribution in [0.4, 0.5) is 11.9 Å². The van der Waals surface area contributed by atoms with Gasteiger partial charge in [-0.25, -0.2) is 30.9 Å². The van der Waals surface area contributed by atoms with Crippen molar-refractivity contribution in [2.45, 2.75) is 59.3 Å². The first-order valence-electron chi connectivity index (χ1n) is 17.4. The third kappa shape index (κ3) is 7.66. The molecule has 2 unspecified atom stereocenters. The van der Waals surface area contributed by atoms with Crippen molar-refractivity contribution in [3.8, 4) is 0 Å². The number of benzene rings is 2. The number of carbonyl (C=O) groups is 2. The molecule has 4 aliphatic rings. The average molecular weight is 679 g/mol. The molecule has 2 aliphatic heterocycles. The Bertz CT molecular complexity index is 1790. The molecule has 4 aromatic rings. The molecule has 0 saturated carbocycles. The van der Waals surface area contributed by atoms with Crippen molar-refractivity contribution in [2.24, 2.45) is 5.92 Å². The van der Waals surface area contributed by atoms with Crippen molar-refractivity contribution in [3.63, 3.8) is 0 Å². The third-order valence-electron chi connectivity index (χ3n) is 9.43. The highest BCUT2D eigenvalue weighted by Crippen LogP contribution is 2.43. The van der Waals surface area contributed by atoms with Crippen LogP contribution in [0.15, 0.2) is 78.9 Å². The zero-order valence-electron chi connectivity index (χ0n) is 29.1. The van der Waals surface area contributed by atoms with Gasteiger partial charge < -0.3 is 9.80 Å². The fourth-order valence-corrected chi connectivity index (χ4v) is 7.21. The van der Waals surface area contributed by atoms with Gasteiger partial charge in [0.05, 0.1) is 11.1 Å². The van der Waals surface area contributed by atoms with Crippen LogP contribution in [0.2, 0.25) is 0 Å². The maximum absolute atomic E-state index is 11.3. The molecule has 12 heteroatoms. The molecule has 12 nitrogen and oxygen atoms in total. The minimum absolute atomic E-state index is 0.237. The smallest absolute Gasteiger partial charge is 0.277 e. The summed E-state index contributed by atoms with van der Waals surface area (Å²) in [6.45, 7) is 11.5. The van der Waals surface area contributed by atoms with Crippen LogP contribution in [0.25, 0.3) is 5.57 Å². The van der Waals surface area contributed by atoms with Gasteiger partial charge in [-0.2, -0.15) is 0 Å². The maximum atomic E-state index is 11.3. The summed E-state index contributed by atoms with van der Waals surface area (Å²) in [5.41, 5.74) is 12.3. The van der Waals surface area contributed by atoms with Crippen LogP contribution >= 0.6 is 0 Å². The molecule has 0 radical (unpaired) electrons. The first kappa shape index (κ1) is 36.1. The number of nitrogens with one attached hydrogen (secondary N) is 2. The lowest BCUT2D eigenvalue weighted by molar-refractivity contribution is 0.0701. The number of amides is 2. The largest absolute Gasteiger partial charge is 0.340 e. The predicted octanol–water partition coefficient (Wildman–Crippen LogP) is 5.63. The van der Waals surface area contributed by atoms with Crippen molar-refractivity contribution < 1.29 is 20.0 Å². The van der Waals surface area contributed by atoms with E-state index in [4.69, 9.17) is 10.4 Å². The minimum atomic E-state index is -0.605. The molecule has 262 valence electrons. The summed E-state index contributed by atoms with van der Waals surface area (Å²) < 4.78 is 0. The fraction of sp³-hybridized carbons (Fsp3) is 0.368. The van der Waals surface area contributed by atoms with Crippen LogP contribution in [-0.2, 0) is 12.8 Å². The SMILES string of the molecule is CC.CC.O=C(NO)c1cnc(N2CCC3=C(Cc4ccccc43)C2)nc1.O=C(NO)c1cnc(N2CCC3c4ccccc4CC3C2)nc1. The predicted molar refractivity (Wildman–Crippen MR) is 192 cm³/mol. The quantitative estimate of drug-likeness (QED) is 0.158. The van der Waals surface area contributed by atoms with Gasteiger partial charge in [0.15, 0.2) is 0 Å². The van der Waals surface area contributed by atoms with E-state index in [0.29, 0.717) is 23.7 Å². The number of aromatic nitrogens is 4. The van der Waals surface area contributed by atoms with E-state index in [1.54, 1.807) is 11.0 Å². The molecule has 2 atom stereocenters. The molecular weight excluding hydrogens is 632 g/mol. The molecule has 8 rings (SSSR count). The number of nitrogens with zero attached hydrogens (tertiary/aromatic N) is 6. The highest BCUT2D eigenvalue weighted by molar-refractivity contribution is 5.93. The molecule has 2 amide bonds. The molecule has 2 aromatic heterocycles. The van der Waals surface area contributed by atoms with Gasteiger partial charge >= 0.3 is 0 Å². The first-order chi connectivity index (χ1) is 24.5. The van der Waals surface area contributed by atoms with E-state index in [1.165, 1.54) is 58.2 Å². The number of rotatable bonds is 4. The van der Waals surface area contributed by atoms with Crippen LogP contribution in [0, 0.1) is 5.92 Å². The second kappa shape index (κ2) is 17.0. The van der Waals surface area contributed by atoms with E-state index in [0.717, 1.165) is 51.9 Å². The Labute approximate surface area is 293 Å². The second-order valence-corrected chi connectivity index (χ2v) is 12.0. The van der Waals surface area contributed by atoms with Crippen LogP contribution in [-0.4, -0.2) is 68.3 Å². The summed E-state index contributed by atoms with van der Waals surface area (Å²) in [4.78, 5) is 44.0. The highest BCUT2D eigenvalue weighted by atomic mass is 16.5. The molecule has 0 bridgehead atoms. The lowest BCUT2D eigenvalue weighted by Crippen LogP contribution is -2.39. The van der Waals surface area contributed by atoms with E-state index in [9.17, 15) is 9.59 Å². The van der Waals surface area contributed by atoms with Crippen LogP contribution in [0.1, 0.15) is 89.4 Å². The lowest BCUT2D eigenvalue weighted by Gasteiger charge is -2.35. The maximum Gasteiger partial charge on any atom is 0.277 e. The molecule has 2 aliphatic carbocycles. The van der Waals surface area contributed by atoms with Gasteiger partial charge in [0, 0.05) is 51.0 Å². The minimum Gasteiger partial charge on any atom is -0.340 e. The molecule has 1 saturated heterocycles. The summed E-state index contributed by atoms with van der Waals surface area (Å²) in [5, 5.41) is 17.3. The molecule has 4 N–H and O–H groups in total. The van der Waals surface area contributed by atoms with Crippen molar-refractivity contribution >= 4 is 29.3 Å². The standard InChI is InChI=1S/C17H18N4O2.C17H16N4O2.2C2H6/c2*22-16(20-23)13-8-18-17(19-9-13)21-6-5-15-12(10-21)7-11-3-1-2-4-14(11)15;2*1-2/h1-4,8-9,12,15,23H,5-7,10H2,(H,20,22);1-4,8-9,23H,5-7,10H2,(H,20,22);2*1-2H3. The van der Waals surface area contributed by atoms with Gasteiger partial charge in [0.1, 0.15) is 0 Å². The van der Waals surface area contributed by atoms with Crippen molar-refractivity contribution in [1.29, 1.82) is 0 Å². The van der Waals surface area contributed by atoms with Gasteiger partial charge in [0.2, 0.25) is 11.9 Å². The van der Waals surface area contributed by atoms with Gasteiger partial charge in [-0.05, 0) is 70.9 Å². The molecule has 1 fully saturated rings. The fourth-order valence-electron chi connectivity index (χ4n) is 7.21. The van der Waals surface area contributed by atoms with Gasteiger partial charge in [-0.15, -0.1) is 0 Å². The van der Waals surface area contributed by atoms with Crippen molar-refractivity contribution in [2.75, 3.05) is 36.0 Å². The summed E-state index contributed by atoms with van der Waals surface area (Å²) >= 11 is 0. The van der Waals surface area contributed by atoms with E-state index >= 15 is 0 Å². The zero-order valence-corrected chi connectivity index (χ0v) is 29.1. The number of anilines is 2. The van der Waals surface area contributed by atoms with Gasteiger partial charge in [-0.1, -0.05) is 76.2 Å². The molecule has 2 aromatic carbocycles. The first-order valence-corrected chi connectivity index (χ1v) is 17.4. The summed E-state index contributed by atoms with van der Waals surface area (Å²) in [6, 6.07) is 17.3. The monoisotopic (exact) mass is 678 g/mol. The normalized spacial score (nSPS) is 18.0. The number of hydrogen-bond acceptors (Lipinski definition) is 10. The Balaban J connectivity index is 0.000000177. The highest BCUT2D eigenvalue weighted by Gasteiger charge is 2.37. The summed E-state index contributed by atoms with van der Waals surface area (Å²) in [5.74, 6) is 1.30. The summed E-state index contributed by atoms with van der Waals surface area (Å²) in [6.07, 6.45) is 9.95. The number of carbonyl (C=O) groups excluding carboxylic acids is 2. The van der Waals surface area contributed by atoms with Crippen LogP contribution in [0.5, 0.6) is 0 Å². The molecule has 4 heterocycles. The van der Waals surface area contributed by atoms with E-state index < -0.39 is 11.8 Å². The van der Waals surface area contributed by atoms with E-state index in [2.05, 4.69) is 78.3 Å². The summed E-state index contributed by atoms with van der Waals surface area (Å²) in [7, 11) is 0. The third-order valence-corrected chi connectivity index (χ3v) is 9.43. The molecular formula is C38H46N8O4. The van der Waals surface area contributed by atoms with Crippen LogP contribution < -0.4 is 20.8 Å². The second-order valence-electron chi connectivity index (χ2n) is 12.0. The zero-order chi connectivity index (χ0) is 35.6.